The molecule has 1 aliphatic rings. The third-order valence-electron chi connectivity index (χ3n) is 5.47. The highest BCUT2D eigenvalue weighted by atomic mass is 16.7. The van der Waals surface area contributed by atoms with Crippen LogP contribution in [0.15, 0.2) is 39.7 Å². The molecule has 1 unspecified atom stereocenters. The molecule has 1 fully saturated rings. The number of ether oxygens (including phenoxy) is 5. The second-order valence-electron chi connectivity index (χ2n) is 8.17. The van der Waals surface area contributed by atoms with E-state index in [2.05, 4.69) is 13.0 Å². The Balaban J connectivity index is 1.31. The number of methoxy groups -OCH3 is 1. The van der Waals surface area contributed by atoms with Gasteiger partial charge >= 0.3 is 0 Å². The van der Waals surface area contributed by atoms with E-state index in [9.17, 15) is 4.79 Å². The molecule has 1 atom stereocenters. The SMILES string of the molecule is CCCc1ccc(OCCCCCOc2coc(COC3CCCCO3)cc2=O)c(OC)c1. The van der Waals surface area contributed by atoms with Gasteiger partial charge in [0.15, 0.2) is 17.8 Å². The lowest BCUT2D eigenvalue weighted by Crippen LogP contribution is -2.22. The predicted octanol–water partition coefficient (Wildman–Crippen LogP) is 5.27. The maximum atomic E-state index is 12.2. The van der Waals surface area contributed by atoms with Gasteiger partial charge in [0.1, 0.15) is 18.6 Å². The number of hydrogen-bond donors (Lipinski definition) is 0. The van der Waals surface area contributed by atoms with Gasteiger partial charge < -0.3 is 28.1 Å². The first kappa shape index (κ1) is 25.1. The zero-order valence-electron chi connectivity index (χ0n) is 19.8. The monoisotopic (exact) mass is 460 g/mol. The molecule has 7 heteroatoms. The van der Waals surface area contributed by atoms with Crippen molar-refractivity contribution in [3.8, 4) is 17.2 Å². The van der Waals surface area contributed by atoms with Crippen LogP contribution < -0.4 is 19.6 Å². The molecule has 3 rings (SSSR count). The summed E-state index contributed by atoms with van der Waals surface area (Å²) in [5.74, 6) is 2.24. The van der Waals surface area contributed by atoms with E-state index in [1.54, 1.807) is 7.11 Å². The second-order valence-corrected chi connectivity index (χ2v) is 8.17. The molecular weight excluding hydrogens is 424 g/mol. The van der Waals surface area contributed by atoms with Crippen molar-refractivity contribution in [2.24, 2.45) is 0 Å². The molecule has 0 spiro atoms. The Bertz CT molecular complexity index is 886. The highest BCUT2D eigenvalue weighted by Crippen LogP contribution is 2.28. The molecule has 1 aliphatic heterocycles. The minimum Gasteiger partial charge on any atom is -0.493 e. The number of unbranched alkanes of at least 4 members (excludes halogenated alkanes) is 2. The zero-order valence-corrected chi connectivity index (χ0v) is 19.8. The zero-order chi connectivity index (χ0) is 23.3. The molecule has 182 valence electrons. The summed E-state index contributed by atoms with van der Waals surface area (Å²) < 4.78 is 33.6. The molecule has 1 aromatic heterocycles. The molecule has 2 aromatic rings. The Morgan fingerprint density at radius 1 is 1.00 bits per heavy atom. The van der Waals surface area contributed by atoms with Crippen LogP contribution in [0.5, 0.6) is 17.2 Å². The van der Waals surface area contributed by atoms with Gasteiger partial charge in [0.05, 0.1) is 20.3 Å². The average Bonchev–Trinajstić information content (AvgIpc) is 2.84. The largest absolute Gasteiger partial charge is 0.493 e. The van der Waals surface area contributed by atoms with Crippen molar-refractivity contribution >= 4 is 0 Å². The van der Waals surface area contributed by atoms with Crippen LogP contribution in [0.2, 0.25) is 0 Å². The van der Waals surface area contributed by atoms with Gasteiger partial charge in [0, 0.05) is 12.7 Å². The lowest BCUT2D eigenvalue weighted by atomic mass is 10.1. The Morgan fingerprint density at radius 2 is 1.82 bits per heavy atom. The third-order valence-corrected chi connectivity index (χ3v) is 5.47. The van der Waals surface area contributed by atoms with Gasteiger partial charge in [0.25, 0.3) is 0 Å². The number of rotatable bonds is 14. The van der Waals surface area contributed by atoms with Crippen molar-refractivity contribution in [3.63, 3.8) is 0 Å². The summed E-state index contributed by atoms with van der Waals surface area (Å²) in [4.78, 5) is 12.2. The summed E-state index contributed by atoms with van der Waals surface area (Å²) in [7, 11) is 1.66. The van der Waals surface area contributed by atoms with E-state index in [1.807, 2.05) is 12.1 Å². The van der Waals surface area contributed by atoms with E-state index in [4.69, 9.17) is 28.1 Å². The van der Waals surface area contributed by atoms with E-state index >= 15 is 0 Å². The van der Waals surface area contributed by atoms with E-state index in [1.165, 1.54) is 17.9 Å². The summed E-state index contributed by atoms with van der Waals surface area (Å²) >= 11 is 0. The first-order chi connectivity index (χ1) is 16.2. The summed E-state index contributed by atoms with van der Waals surface area (Å²) in [6.07, 6.45) is 8.93. The maximum absolute atomic E-state index is 12.2. The lowest BCUT2D eigenvalue weighted by molar-refractivity contribution is -0.171. The van der Waals surface area contributed by atoms with Gasteiger partial charge in [0.2, 0.25) is 11.2 Å². The van der Waals surface area contributed by atoms with Crippen LogP contribution >= 0.6 is 0 Å². The van der Waals surface area contributed by atoms with Gasteiger partial charge in [-0.1, -0.05) is 19.4 Å². The number of aryl methyl sites for hydroxylation is 1. The molecule has 0 saturated carbocycles. The first-order valence-electron chi connectivity index (χ1n) is 12.0. The molecule has 33 heavy (non-hydrogen) atoms. The normalized spacial score (nSPS) is 15.9. The van der Waals surface area contributed by atoms with Gasteiger partial charge in [-0.05, 0) is 62.6 Å². The van der Waals surface area contributed by atoms with Crippen LogP contribution in [-0.2, 0) is 22.5 Å². The molecule has 0 amide bonds. The van der Waals surface area contributed by atoms with Crippen molar-refractivity contribution in [2.75, 3.05) is 26.9 Å². The standard InChI is InChI=1S/C26H36O7/c1-3-9-20-11-12-23(24(16-20)28-2)29-13-6-4-7-14-30-25-19-32-21(17-22(25)27)18-33-26-10-5-8-15-31-26/h11-12,16-17,19,26H,3-10,13-15,18H2,1-2H3. The van der Waals surface area contributed by atoms with Gasteiger partial charge in [-0.2, -0.15) is 0 Å². The first-order valence-corrected chi connectivity index (χ1v) is 12.0. The summed E-state index contributed by atoms with van der Waals surface area (Å²) in [6, 6.07) is 7.52. The Labute approximate surface area is 195 Å². The molecule has 0 N–H and O–H groups in total. The van der Waals surface area contributed by atoms with Gasteiger partial charge in [-0.3, -0.25) is 4.79 Å². The average molecular weight is 461 g/mol. The van der Waals surface area contributed by atoms with E-state index in [-0.39, 0.29) is 24.1 Å². The summed E-state index contributed by atoms with van der Waals surface area (Å²) in [5, 5.41) is 0. The van der Waals surface area contributed by atoms with Crippen LogP contribution in [0.25, 0.3) is 0 Å². The van der Waals surface area contributed by atoms with E-state index in [0.29, 0.717) is 25.6 Å². The van der Waals surface area contributed by atoms with Crippen LogP contribution in [0, 0.1) is 0 Å². The number of benzene rings is 1. The van der Waals surface area contributed by atoms with Crippen LogP contribution in [0.4, 0.5) is 0 Å². The smallest absolute Gasteiger partial charge is 0.227 e. The van der Waals surface area contributed by atoms with Crippen molar-refractivity contribution in [1.29, 1.82) is 0 Å². The molecule has 0 bridgehead atoms. The fourth-order valence-corrected chi connectivity index (χ4v) is 3.66. The molecule has 2 heterocycles. The van der Waals surface area contributed by atoms with Gasteiger partial charge in [-0.15, -0.1) is 0 Å². The molecule has 0 radical (unpaired) electrons. The number of hydrogen-bond acceptors (Lipinski definition) is 7. The fraction of sp³-hybridized carbons (Fsp3) is 0.577. The molecule has 1 aromatic carbocycles. The maximum Gasteiger partial charge on any atom is 0.227 e. The molecule has 0 aliphatic carbocycles. The van der Waals surface area contributed by atoms with E-state index in [0.717, 1.165) is 62.9 Å². The third kappa shape index (κ3) is 8.41. The lowest BCUT2D eigenvalue weighted by Gasteiger charge is -2.22. The van der Waals surface area contributed by atoms with Crippen LogP contribution in [0.1, 0.15) is 63.2 Å². The molecular formula is C26H36O7. The fourth-order valence-electron chi connectivity index (χ4n) is 3.66. The van der Waals surface area contributed by atoms with Crippen LogP contribution in [-0.4, -0.2) is 33.2 Å². The summed E-state index contributed by atoms with van der Waals surface area (Å²) in [6.45, 7) is 4.14. The van der Waals surface area contributed by atoms with Crippen LogP contribution in [0.3, 0.4) is 0 Å². The molecule has 7 nitrogen and oxygen atoms in total. The predicted molar refractivity (Wildman–Crippen MR) is 125 cm³/mol. The quantitative estimate of drug-likeness (QED) is 0.355. The Hall–Kier alpha value is -2.51. The topological polar surface area (TPSA) is 76.4 Å². The highest BCUT2D eigenvalue weighted by Gasteiger charge is 2.15. The molecule has 1 saturated heterocycles. The van der Waals surface area contributed by atoms with Gasteiger partial charge in [-0.25, -0.2) is 0 Å². The van der Waals surface area contributed by atoms with E-state index < -0.39 is 0 Å². The summed E-state index contributed by atoms with van der Waals surface area (Å²) in [5.41, 5.74) is 1.05. The minimum absolute atomic E-state index is 0.202. The highest BCUT2D eigenvalue weighted by molar-refractivity contribution is 5.43. The Morgan fingerprint density at radius 3 is 2.52 bits per heavy atom. The second kappa shape index (κ2) is 13.9. The van der Waals surface area contributed by atoms with Crippen molar-refractivity contribution in [3.05, 3.63) is 52.1 Å². The minimum atomic E-state index is -0.217. The van der Waals surface area contributed by atoms with Crippen molar-refractivity contribution in [1.82, 2.24) is 0 Å². The Kier molecular flexibility index (Phi) is 10.6. The van der Waals surface area contributed by atoms with Crippen molar-refractivity contribution < 1.29 is 28.1 Å². The van der Waals surface area contributed by atoms with Crippen molar-refractivity contribution in [2.45, 2.75) is 71.2 Å².